The Hall–Kier alpha value is -0.570. The summed E-state index contributed by atoms with van der Waals surface area (Å²) in [6, 6.07) is 0. The molecule has 1 aliphatic heterocycles. The van der Waals surface area contributed by atoms with Crippen LogP contribution < -0.4 is 10.6 Å². The Balaban J connectivity index is 0.00000289. The van der Waals surface area contributed by atoms with Crippen LogP contribution in [-0.4, -0.2) is 63.7 Å². The number of carbonyl (C=O) groups is 1. The zero-order valence-electron chi connectivity index (χ0n) is 11.4. The monoisotopic (exact) mass is 370 g/mol. The topological polar surface area (TPSA) is 66.0 Å². The largest absolute Gasteiger partial charge is 0.363 e. The van der Waals surface area contributed by atoms with Gasteiger partial charge in [0.2, 0.25) is 0 Å². The first-order valence-corrected chi connectivity index (χ1v) is 5.83. The molecule has 18 heavy (non-hydrogen) atoms. The molecule has 1 heterocycles. The fourth-order valence-corrected chi connectivity index (χ4v) is 1.82. The van der Waals surface area contributed by atoms with Crippen LogP contribution in [0.25, 0.3) is 0 Å². The number of hydrogen-bond donors (Lipinski definition) is 2. The van der Waals surface area contributed by atoms with E-state index in [2.05, 4.69) is 15.6 Å². The van der Waals surface area contributed by atoms with Gasteiger partial charge in [0.1, 0.15) is 6.10 Å². The van der Waals surface area contributed by atoms with E-state index in [1.807, 2.05) is 7.05 Å². The van der Waals surface area contributed by atoms with Crippen molar-refractivity contribution in [2.75, 3.05) is 34.7 Å². The molecule has 106 valence electrons. The van der Waals surface area contributed by atoms with E-state index in [-0.39, 0.29) is 42.1 Å². The molecular weight excluding hydrogens is 347 g/mol. The molecule has 0 radical (unpaired) electrons. The maximum atomic E-state index is 11.7. The van der Waals surface area contributed by atoms with E-state index in [4.69, 9.17) is 4.74 Å². The maximum absolute atomic E-state index is 11.7. The quantitative estimate of drug-likeness (QED) is 0.418. The van der Waals surface area contributed by atoms with Gasteiger partial charge >= 0.3 is 0 Å². The lowest BCUT2D eigenvalue weighted by atomic mass is 10.2. The molecule has 0 saturated carbocycles. The van der Waals surface area contributed by atoms with Crippen molar-refractivity contribution in [3.05, 3.63) is 0 Å². The number of amides is 1. The molecule has 1 fully saturated rings. The van der Waals surface area contributed by atoms with Gasteiger partial charge in [-0.2, -0.15) is 0 Å². The highest BCUT2D eigenvalue weighted by molar-refractivity contribution is 14.0. The van der Waals surface area contributed by atoms with Crippen molar-refractivity contribution < 1.29 is 9.53 Å². The van der Waals surface area contributed by atoms with Gasteiger partial charge in [-0.3, -0.25) is 9.79 Å². The molecule has 2 unspecified atom stereocenters. The molecule has 0 aromatic carbocycles. The third-order valence-electron chi connectivity index (χ3n) is 2.78. The molecule has 0 aromatic heterocycles. The number of halogens is 1. The first-order chi connectivity index (χ1) is 8.08. The van der Waals surface area contributed by atoms with Gasteiger partial charge in [0.15, 0.2) is 5.96 Å². The van der Waals surface area contributed by atoms with Crippen LogP contribution in [0.4, 0.5) is 0 Å². The van der Waals surface area contributed by atoms with Crippen molar-refractivity contribution >= 4 is 35.8 Å². The van der Waals surface area contributed by atoms with Gasteiger partial charge in [0, 0.05) is 34.7 Å². The van der Waals surface area contributed by atoms with Crippen molar-refractivity contribution in [1.82, 2.24) is 15.5 Å². The van der Waals surface area contributed by atoms with Gasteiger partial charge in [-0.1, -0.05) is 0 Å². The van der Waals surface area contributed by atoms with Gasteiger partial charge in [-0.05, 0) is 12.8 Å². The minimum Gasteiger partial charge on any atom is -0.363 e. The van der Waals surface area contributed by atoms with Crippen LogP contribution in [0.3, 0.4) is 0 Å². The number of aliphatic imine (C=N–C) groups is 1. The number of nitrogens with zero attached hydrogens (tertiary/aromatic N) is 2. The number of ether oxygens (including phenoxy) is 1. The highest BCUT2D eigenvalue weighted by Crippen LogP contribution is 2.20. The van der Waals surface area contributed by atoms with Crippen molar-refractivity contribution in [1.29, 1.82) is 0 Å². The van der Waals surface area contributed by atoms with E-state index >= 15 is 0 Å². The summed E-state index contributed by atoms with van der Waals surface area (Å²) in [5.41, 5.74) is 0. The lowest BCUT2D eigenvalue weighted by molar-refractivity contribution is -0.140. The van der Waals surface area contributed by atoms with Gasteiger partial charge in [0.25, 0.3) is 5.91 Å². The van der Waals surface area contributed by atoms with Gasteiger partial charge in [-0.25, -0.2) is 0 Å². The summed E-state index contributed by atoms with van der Waals surface area (Å²) >= 11 is 0. The molecule has 1 rings (SSSR count). The van der Waals surface area contributed by atoms with Crippen molar-refractivity contribution in [3.8, 4) is 0 Å². The van der Waals surface area contributed by atoms with E-state index in [0.29, 0.717) is 6.54 Å². The summed E-state index contributed by atoms with van der Waals surface area (Å²) in [6.45, 7) is 0.671. The molecule has 2 atom stereocenters. The molecule has 0 aromatic rings. The molecule has 6 nitrogen and oxygen atoms in total. The SMILES string of the molecule is CN=C(NC)NCC1CCC(C(=O)N(C)C)O1.I. The number of nitrogens with one attached hydrogen (secondary N) is 2. The van der Waals surface area contributed by atoms with Crippen LogP contribution in [0.15, 0.2) is 4.99 Å². The van der Waals surface area contributed by atoms with E-state index < -0.39 is 0 Å². The van der Waals surface area contributed by atoms with Crippen LogP contribution in [-0.2, 0) is 9.53 Å². The maximum Gasteiger partial charge on any atom is 0.251 e. The number of carbonyl (C=O) groups excluding carboxylic acids is 1. The summed E-state index contributed by atoms with van der Waals surface area (Å²) in [5, 5.41) is 6.07. The molecule has 0 bridgehead atoms. The van der Waals surface area contributed by atoms with Crippen LogP contribution in [0.5, 0.6) is 0 Å². The average molecular weight is 370 g/mol. The smallest absolute Gasteiger partial charge is 0.251 e. The number of guanidine groups is 1. The summed E-state index contributed by atoms with van der Waals surface area (Å²) < 4.78 is 5.69. The standard InChI is InChI=1S/C11H22N4O2.HI/c1-12-11(13-2)14-7-8-5-6-9(17-8)10(16)15(3)4;/h8-9H,5-7H2,1-4H3,(H2,12,13,14);1H. The molecule has 1 amide bonds. The Morgan fingerprint density at radius 2 is 2.11 bits per heavy atom. The normalized spacial score (nSPS) is 23.2. The summed E-state index contributed by atoms with van der Waals surface area (Å²) in [4.78, 5) is 17.3. The minimum absolute atomic E-state index is 0. The van der Waals surface area contributed by atoms with E-state index in [0.717, 1.165) is 18.8 Å². The van der Waals surface area contributed by atoms with Crippen LogP contribution in [0.1, 0.15) is 12.8 Å². The second kappa shape index (κ2) is 8.52. The summed E-state index contributed by atoms with van der Waals surface area (Å²) in [7, 11) is 7.02. The van der Waals surface area contributed by atoms with E-state index in [1.165, 1.54) is 0 Å². The van der Waals surface area contributed by atoms with Gasteiger partial charge in [0.05, 0.1) is 6.10 Å². The Morgan fingerprint density at radius 3 is 2.61 bits per heavy atom. The van der Waals surface area contributed by atoms with Crippen molar-refractivity contribution in [3.63, 3.8) is 0 Å². The van der Waals surface area contributed by atoms with Crippen LogP contribution in [0.2, 0.25) is 0 Å². The Bertz CT molecular complexity index is 297. The van der Waals surface area contributed by atoms with Crippen molar-refractivity contribution in [2.24, 2.45) is 4.99 Å². The second-order valence-electron chi connectivity index (χ2n) is 4.26. The van der Waals surface area contributed by atoms with E-state index in [9.17, 15) is 4.79 Å². The number of likely N-dealkylation sites (N-methyl/N-ethyl adjacent to an activating group) is 1. The number of hydrogen-bond acceptors (Lipinski definition) is 3. The molecule has 1 aliphatic rings. The van der Waals surface area contributed by atoms with Crippen molar-refractivity contribution in [2.45, 2.75) is 25.0 Å². The van der Waals surface area contributed by atoms with Gasteiger partial charge < -0.3 is 20.3 Å². The van der Waals surface area contributed by atoms with Gasteiger partial charge in [-0.15, -0.1) is 24.0 Å². The first-order valence-electron chi connectivity index (χ1n) is 5.83. The van der Waals surface area contributed by atoms with E-state index in [1.54, 1.807) is 26.0 Å². The third kappa shape index (κ3) is 4.97. The Kier molecular flexibility index (Phi) is 8.25. The molecule has 1 saturated heterocycles. The fourth-order valence-electron chi connectivity index (χ4n) is 1.82. The minimum atomic E-state index is -0.284. The number of rotatable bonds is 3. The Morgan fingerprint density at radius 1 is 1.44 bits per heavy atom. The zero-order valence-corrected chi connectivity index (χ0v) is 13.7. The molecule has 0 spiro atoms. The molecule has 7 heteroatoms. The Labute approximate surface area is 126 Å². The molecular formula is C11H23IN4O2. The lowest BCUT2D eigenvalue weighted by Crippen LogP contribution is -2.40. The van der Waals surface area contributed by atoms with Crippen LogP contribution in [0, 0.1) is 0 Å². The lowest BCUT2D eigenvalue weighted by Gasteiger charge is -2.18. The average Bonchev–Trinajstić information content (AvgIpc) is 2.78. The van der Waals surface area contributed by atoms with Crippen LogP contribution >= 0.6 is 24.0 Å². The summed E-state index contributed by atoms with van der Waals surface area (Å²) in [5.74, 6) is 0.779. The molecule has 2 N–H and O–H groups in total. The third-order valence-corrected chi connectivity index (χ3v) is 2.78. The zero-order chi connectivity index (χ0) is 12.8. The fraction of sp³-hybridized carbons (Fsp3) is 0.818. The predicted octanol–water partition coefficient (Wildman–Crippen LogP) is 0.0350. The first kappa shape index (κ1) is 17.4. The highest BCUT2D eigenvalue weighted by atomic mass is 127. The highest BCUT2D eigenvalue weighted by Gasteiger charge is 2.31. The summed E-state index contributed by atoms with van der Waals surface area (Å²) in [6.07, 6.45) is 1.49. The molecule has 0 aliphatic carbocycles. The predicted molar refractivity (Wildman–Crippen MR) is 82.4 cm³/mol. The second-order valence-corrected chi connectivity index (χ2v) is 4.26.